The van der Waals surface area contributed by atoms with Crippen molar-refractivity contribution in [2.45, 2.75) is 37.6 Å². The van der Waals surface area contributed by atoms with E-state index in [1.807, 2.05) is 48.7 Å². The number of nitrogen functional groups attached to an aromatic ring is 2. The van der Waals surface area contributed by atoms with Crippen LogP contribution in [0.3, 0.4) is 0 Å². The Morgan fingerprint density at radius 3 is 2.48 bits per heavy atom. The van der Waals surface area contributed by atoms with Crippen molar-refractivity contribution in [3.8, 4) is 22.8 Å². The fourth-order valence-corrected chi connectivity index (χ4v) is 4.45. The van der Waals surface area contributed by atoms with Crippen LogP contribution in [0.4, 0.5) is 11.5 Å². The van der Waals surface area contributed by atoms with Crippen LogP contribution in [0.15, 0.2) is 60.8 Å². The average Bonchev–Trinajstić information content (AvgIpc) is 3.19. The molecule has 5 rings (SSSR count). The Bertz CT molecular complexity index is 1210. The number of hydrogen-bond donors (Lipinski definition) is 3. The molecular formula is C24H26N6O. The second kappa shape index (κ2) is 7.92. The predicted molar refractivity (Wildman–Crippen MR) is 123 cm³/mol. The third-order valence-corrected chi connectivity index (χ3v) is 5.97. The number of rotatable bonds is 4. The monoisotopic (exact) mass is 414 g/mol. The fraction of sp³-hybridized carbons (Fsp3) is 0.250. The maximum atomic E-state index is 6.34. The molecule has 1 saturated carbocycles. The lowest BCUT2D eigenvalue weighted by Crippen LogP contribution is -2.26. The number of nitrogens with zero attached hydrogens (tertiary/aromatic N) is 3. The molecule has 2 aromatic heterocycles. The first-order valence-electron chi connectivity index (χ1n) is 10.6. The minimum atomic E-state index is 0.268. The van der Waals surface area contributed by atoms with Crippen LogP contribution in [-0.4, -0.2) is 20.6 Å². The summed E-state index contributed by atoms with van der Waals surface area (Å²) in [5.74, 6) is 2.36. The van der Waals surface area contributed by atoms with Gasteiger partial charge in [-0.15, -0.1) is 5.10 Å². The minimum absolute atomic E-state index is 0.268. The van der Waals surface area contributed by atoms with Gasteiger partial charge in [-0.25, -0.2) is 9.50 Å². The van der Waals surface area contributed by atoms with E-state index in [1.165, 1.54) is 0 Å². The second-order valence-electron chi connectivity index (χ2n) is 8.16. The summed E-state index contributed by atoms with van der Waals surface area (Å²) in [6, 6.07) is 17.9. The van der Waals surface area contributed by atoms with Gasteiger partial charge in [0.25, 0.3) is 0 Å². The van der Waals surface area contributed by atoms with Crippen molar-refractivity contribution in [2.24, 2.45) is 5.73 Å². The Hall–Kier alpha value is -3.58. The summed E-state index contributed by atoms with van der Waals surface area (Å²) in [4.78, 5) is 4.78. The van der Waals surface area contributed by atoms with Crippen molar-refractivity contribution in [2.75, 3.05) is 11.5 Å². The summed E-state index contributed by atoms with van der Waals surface area (Å²) >= 11 is 0. The van der Waals surface area contributed by atoms with Gasteiger partial charge < -0.3 is 21.9 Å². The van der Waals surface area contributed by atoms with Crippen LogP contribution < -0.4 is 21.9 Å². The Balaban J connectivity index is 1.64. The van der Waals surface area contributed by atoms with Gasteiger partial charge in [0, 0.05) is 23.2 Å². The van der Waals surface area contributed by atoms with Gasteiger partial charge in [-0.1, -0.05) is 30.3 Å². The smallest absolute Gasteiger partial charge is 0.177 e. The molecule has 0 saturated heterocycles. The summed E-state index contributed by atoms with van der Waals surface area (Å²) in [7, 11) is 0. The van der Waals surface area contributed by atoms with Crippen LogP contribution >= 0.6 is 0 Å². The fourth-order valence-electron chi connectivity index (χ4n) is 4.45. The molecule has 0 amide bonds. The van der Waals surface area contributed by atoms with Crippen LogP contribution in [0.1, 0.15) is 37.2 Å². The average molecular weight is 415 g/mol. The molecule has 2 aromatic carbocycles. The van der Waals surface area contributed by atoms with E-state index in [0.29, 0.717) is 23.1 Å². The number of ether oxygens (including phenoxy) is 1. The highest BCUT2D eigenvalue weighted by atomic mass is 16.5. The molecule has 0 atom stereocenters. The maximum absolute atomic E-state index is 6.34. The molecule has 6 N–H and O–H groups in total. The first kappa shape index (κ1) is 19.4. The molecular weight excluding hydrogens is 388 g/mol. The molecule has 158 valence electrons. The van der Waals surface area contributed by atoms with Crippen molar-refractivity contribution in [1.29, 1.82) is 0 Å². The van der Waals surface area contributed by atoms with Crippen molar-refractivity contribution in [1.82, 2.24) is 14.6 Å². The number of benzene rings is 2. The number of para-hydroxylation sites is 1. The van der Waals surface area contributed by atoms with Gasteiger partial charge in [0.2, 0.25) is 0 Å². The van der Waals surface area contributed by atoms with Crippen LogP contribution in [0.2, 0.25) is 0 Å². The van der Waals surface area contributed by atoms with Crippen LogP contribution in [0.25, 0.3) is 16.9 Å². The third kappa shape index (κ3) is 3.80. The van der Waals surface area contributed by atoms with Gasteiger partial charge in [0.1, 0.15) is 17.3 Å². The minimum Gasteiger partial charge on any atom is -0.457 e. The lowest BCUT2D eigenvalue weighted by molar-refractivity contribution is 0.384. The lowest BCUT2D eigenvalue weighted by Gasteiger charge is -2.29. The zero-order valence-corrected chi connectivity index (χ0v) is 17.2. The van der Waals surface area contributed by atoms with E-state index < -0.39 is 0 Å². The number of imidazole rings is 1. The maximum Gasteiger partial charge on any atom is 0.177 e. The highest BCUT2D eigenvalue weighted by Gasteiger charge is 2.27. The van der Waals surface area contributed by atoms with E-state index in [1.54, 1.807) is 10.6 Å². The van der Waals surface area contributed by atoms with Crippen LogP contribution in [0.5, 0.6) is 11.5 Å². The number of fused-ring (bicyclic) bond motifs is 1. The van der Waals surface area contributed by atoms with Crippen molar-refractivity contribution in [3.05, 3.63) is 66.4 Å². The van der Waals surface area contributed by atoms with Crippen molar-refractivity contribution in [3.63, 3.8) is 0 Å². The molecule has 0 unspecified atom stereocenters. The molecule has 1 fully saturated rings. The zero-order valence-electron chi connectivity index (χ0n) is 17.2. The molecule has 0 radical (unpaired) electrons. The van der Waals surface area contributed by atoms with Gasteiger partial charge in [-0.2, -0.15) is 0 Å². The summed E-state index contributed by atoms with van der Waals surface area (Å²) in [5, 5.41) is 4.33. The van der Waals surface area contributed by atoms with E-state index in [4.69, 9.17) is 26.9 Å². The molecule has 0 aliphatic heterocycles. The van der Waals surface area contributed by atoms with E-state index in [0.717, 1.165) is 54.0 Å². The summed E-state index contributed by atoms with van der Waals surface area (Å²) in [6.07, 6.45) is 5.91. The highest BCUT2D eigenvalue weighted by molar-refractivity contribution is 5.75. The number of hydrogen-bond acceptors (Lipinski definition) is 6. The molecule has 7 heteroatoms. The van der Waals surface area contributed by atoms with Gasteiger partial charge in [0.15, 0.2) is 5.65 Å². The summed E-state index contributed by atoms with van der Waals surface area (Å²) < 4.78 is 7.99. The third-order valence-electron chi connectivity index (χ3n) is 5.97. The van der Waals surface area contributed by atoms with Crippen LogP contribution in [-0.2, 0) is 0 Å². The lowest BCUT2D eigenvalue weighted by atomic mass is 9.79. The Labute approximate surface area is 180 Å². The van der Waals surface area contributed by atoms with E-state index >= 15 is 0 Å². The van der Waals surface area contributed by atoms with Gasteiger partial charge in [0.05, 0.1) is 17.6 Å². The largest absolute Gasteiger partial charge is 0.457 e. The topological polar surface area (TPSA) is 117 Å². The quantitative estimate of drug-likeness (QED) is 0.457. The molecule has 4 aromatic rings. The van der Waals surface area contributed by atoms with Crippen molar-refractivity contribution < 1.29 is 4.74 Å². The standard InChI is InChI=1S/C24H26N6O/c25-16-11-9-15(10-12-16)23-18(7-4-8-21(23)31-17-5-2-1-3-6-17)20-14-30-24(28-20)19(26)13-22(27)29-30/h1-8,13-16H,9-12,25-26H2,(H2,27,29). The molecule has 1 aliphatic rings. The normalized spacial score (nSPS) is 18.9. The molecule has 1 aliphatic carbocycles. The first-order valence-corrected chi connectivity index (χ1v) is 10.6. The first-order chi connectivity index (χ1) is 15.1. The number of anilines is 2. The summed E-state index contributed by atoms with van der Waals surface area (Å²) in [5.41, 5.74) is 22.3. The molecule has 31 heavy (non-hydrogen) atoms. The van der Waals surface area contributed by atoms with E-state index in [-0.39, 0.29) is 6.04 Å². The van der Waals surface area contributed by atoms with Gasteiger partial charge in [-0.05, 0) is 49.8 Å². The Morgan fingerprint density at radius 1 is 0.935 bits per heavy atom. The number of aromatic nitrogens is 3. The van der Waals surface area contributed by atoms with Crippen LogP contribution in [0, 0.1) is 0 Å². The predicted octanol–water partition coefficient (Wildman–Crippen LogP) is 4.34. The van der Waals surface area contributed by atoms with Gasteiger partial charge >= 0.3 is 0 Å². The number of nitrogens with two attached hydrogens (primary N) is 3. The second-order valence-corrected chi connectivity index (χ2v) is 8.16. The Kier molecular flexibility index (Phi) is 4.95. The highest BCUT2D eigenvalue weighted by Crippen LogP contribution is 2.44. The SMILES string of the molecule is Nc1cc(N)c2nc(-c3cccc(Oc4ccccc4)c3C3CCC(N)CC3)cn2n1. The summed E-state index contributed by atoms with van der Waals surface area (Å²) in [6.45, 7) is 0. The van der Waals surface area contributed by atoms with E-state index in [2.05, 4.69) is 11.2 Å². The molecule has 2 heterocycles. The van der Waals surface area contributed by atoms with E-state index in [9.17, 15) is 0 Å². The Morgan fingerprint density at radius 2 is 1.71 bits per heavy atom. The molecule has 0 bridgehead atoms. The molecule has 7 nitrogen and oxygen atoms in total. The van der Waals surface area contributed by atoms with Gasteiger partial charge in [-0.3, -0.25) is 0 Å². The molecule has 0 spiro atoms. The zero-order chi connectivity index (χ0) is 21.4. The van der Waals surface area contributed by atoms with Crippen molar-refractivity contribution >= 4 is 17.2 Å².